The summed E-state index contributed by atoms with van der Waals surface area (Å²) >= 11 is 0. The molecule has 0 spiro atoms. The highest BCUT2D eigenvalue weighted by molar-refractivity contribution is 5.88. The first-order chi connectivity index (χ1) is 10.1. The Bertz CT molecular complexity index is 324. The van der Waals surface area contributed by atoms with Gasteiger partial charge in [-0.25, -0.2) is 4.79 Å². The molecule has 1 amide bonds. The van der Waals surface area contributed by atoms with Crippen molar-refractivity contribution in [2.24, 2.45) is 0 Å². The Morgan fingerprint density at radius 1 is 1.10 bits per heavy atom. The summed E-state index contributed by atoms with van der Waals surface area (Å²) in [5.74, 6) is -0.523. The summed E-state index contributed by atoms with van der Waals surface area (Å²) in [5, 5.41) is 2.87. The molecule has 1 fully saturated rings. The van der Waals surface area contributed by atoms with Crippen molar-refractivity contribution in [3.8, 4) is 0 Å². The maximum Gasteiger partial charge on any atom is 0.331 e. The van der Waals surface area contributed by atoms with Gasteiger partial charge in [0.25, 0.3) is 0 Å². The highest BCUT2D eigenvalue weighted by Gasteiger charge is 2.42. The molecule has 5 heteroatoms. The Morgan fingerprint density at radius 3 is 2.43 bits per heavy atom. The molecule has 0 heterocycles. The number of esters is 1. The quantitative estimate of drug-likeness (QED) is 0.525. The van der Waals surface area contributed by atoms with Crippen LogP contribution >= 0.6 is 0 Å². The SMILES string of the molecule is CCCCCOCC(=O)NC1(C(=O)OCC)CCCCC1. The molecule has 1 aliphatic carbocycles. The fourth-order valence-corrected chi connectivity index (χ4v) is 2.73. The van der Waals surface area contributed by atoms with Gasteiger partial charge < -0.3 is 14.8 Å². The van der Waals surface area contributed by atoms with Gasteiger partial charge >= 0.3 is 5.97 Å². The van der Waals surface area contributed by atoms with Crippen LogP contribution in [0.4, 0.5) is 0 Å². The number of ether oxygens (including phenoxy) is 2. The first-order valence-electron chi connectivity index (χ1n) is 8.20. The zero-order chi connectivity index (χ0) is 15.6. The summed E-state index contributed by atoms with van der Waals surface area (Å²) in [6.07, 6.45) is 7.50. The van der Waals surface area contributed by atoms with Crippen LogP contribution in [-0.4, -0.2) is 37.2 Å². The maximum atomic E-state index is 12.2. The topological polar surface area (TPSA) is 64.6 Å². The normalized spacial score (nSPS) is 17.2. The van der Waals surface area contributed by atoms with Crippen LogP contribution in [-0.2, 0) is 19.1 Å². The standard InChI is InChI=1S/C16H29NO4/c1-3-5-9-12-20-13-14(18)17-16(15(19)21-4-2)10-7-6-8-11-16/h3-13H2,1-2H3,(H,17,18). The van der Waals surface area contributed by atoms with Gasteiger partial charge in [0, 0.05) is 6.61 Å². The van der Waals surface area contributed by atoms with E-state index in [2.05, 4.69) is 12.2 Å². The van der Waals surface area contributed by atoms with E-state index in [0.717, 1.165) is 38.5 Å². The third kappa shape index (κ3) is 6.04. The first-order valence-corrected chi connectivity index (χ1v) is 8.20. The van der Waals surface area contributed by atoms with Crippen LogP contribution in [0.5, 0.6) is 0 Å². The van der Waals surface area contributed by atoms with Gasteiger partial charge in [0.15, 0.2) is 0 Å². The number of unbranched alkanes of at least 4 members (excludes halogenated alkanes) is 2. The molecule has 1 saturated carbocycles. The average Bonchev–Trinajstić information content (AvgIpc) is 2.48. The average molecular weight is 299 g/mol. The van der Waals surface area contributed by atoms with Crippen molar-refractivity contribution in [1.82, 2.24) is 5.32 Å². The molecule has 0 radical (unpaired) electrons. The molecule has 1 rings (SSSR count). The fraction of sp³-hybridized carbons (Fsp3) is 0.875. The van der Waals surface area contributed by atoms with Gasteiger partial charge in [-0.2, -0.15) is 0 Å². The number of hydrogen-bond donors (Lipinski definition) is 1. The van der Waals surface area contributed by atoms with Crippen molar-refractivity contribution in [3.63, 3.8) is 0 Å². The summed E-state index contributed by atoms with van der Waals surface area (Å²) in [6, 6.07) is 0. The molecular weight excluding hydrogens is 270 g/mol. The van der Waals surface area contributed by atoms with Crippen LogP contribution in [0.1, 0.15) is 65.2 Å². The van der Waals surface area contributed by atoms with Crippen LogP contribution in [0, 0.1) is 0 Å². The Balaban J connectivity index is 2.44. The van der Waals surface area contributed by atoms with E-state index >= 15 is 0 Å². The predicted octanol–water partition coefficient (Wildman–Crippen LogP) is 2.58. The lowest BCUT2D eigenvalue weighted by molar-refractivity contribution is -0.155. The Hall–Kier alpha value is -1.10. The maximum absolute atomic E-state index is 12.2. The van der Waals surface area contributed by atoms with E-state index in [1.807, 2.05) is 0 Å². The molecule has 0 atom stereocenters. The monoisotopic (exact) mass is 299 g/mol. The molecule has 5 nitrogen and oxygen atoms in total. The zero-order valence-corrected chi connectivity index (χ0v) is 13.4. The van der Waals surface area contributed by atoms with E-state index in [4.69, 9.17) is 9.47 Å². The molecule has 21 heavy (non-hydrogen) atoms. The first kappa shape index (κ1) is 18.0. The summed E-state index contributed by atoms with van der Waals surface area (Å²) in [4.78, 5) is 24.2. The fourth-order valence-electron chi connectivity index (χ4n) is 2.73. The molecular formula is C16H29NO4. The molecule has 1 aliphatic rings. The summed E-state index contributed by atoms with van der Waals surface area (Å²) in [7, 11) is 0. The number of nitrogens with one attached hydrogen (secondary N) is 1. The predicted molar refractivity (Wildman–Crippen MR) is 80.9 cm³/mol. The third-order valence-corrected chi connectivity index (χ3v) is 3.88. The van der Waals surface area contributed by atoms with E-state index in [0.29, 0.717) is 26.1 Å². The smallest absolute Gasteiger partial charge is 0.331 e. The van der Waals surface area contributed by atoms with Gasteiger partial charge in [-0.15, -0.1) is 0 Å². The van der Waals surface area contributed by atoms with E-state index in [1.165, 1.54) is 0 Å². The molecule has 0 aromatic rings. The van der Waals surface area contributed by atoms with Gasteiger partial charge in [-0.3, -0.25) is 4.79 Å². The van der Waals surface area contributed by atoms with E-state index < -0.39 is 5.54 Å². The minimum absolute atomic E-state index is 0.0187. The molecule has 0 bridgehead atoms. The lowest BCUT2D eigenvalue weighted by Crippen LogP contribution is -2.57. The molecule has 0 aliphatic heterocycles. The lowest BCUT2D eigenvalue weighted by Gasteiger charge is -2.35. The summed E-state index contributed by atoms with van der Waals surface area (Å²) in [5.41, 5.74) is -0.835. The van der Waals surface area contributed by atoms with Crippen LogP contribution in [0.15, 0.2) is 0 Å². The van der Waals surface area contributed by atoms with Crippen molar-refractivity contribution in [3.05, 3.63) is 0 Å². The van der Waals surface area contributed by atoms with Crippen molar-refractivity contribution in [2.75, 3.05) is 19.8 Å². The van der Waals surface area contributed by atoms with Crippen LogP contribution in [0.2, 0.25) is 0 Å². The molecule has 0 unspecified atom stereocenters. The largest absolute Gasteiger partial charge is 0.464 e. The van der Waals surface area contributed by atoms with Crippen molar-refractivity contribution < 1.29 is 19.1 Å². The number of carbonyl (C=O) groups is 2. The van der Waals surface area contributed by atoms with Crippen LogP contribution in [0.3, 0.4) is 0 Å². The highest BCUT2D eigenvalue weighted by Crippen LogP contribution is 2.29. The van der Waals surface area contributed by atoms with Crippen molar-refractivity contribution in [1.29, 1.82) is 0 Å². The number of carbonyl (C=O) groups excluding carboxylic acids is 2. The van der Waals surface area contributed by atoms with Crippen LogP contribution < -0.4 is 5.32 Å². The van der Waals surface area contributed by atoms with Crippen molar-refractivity contribution in [2.45, 2.75) is 70.8 Å². The second-order valence-electron chi connectivity index (χ2n) is 5.67. The van der Waals surface area contributed by atoms with Crippen molar-refractivity contribution >= 4 is 11.9 Å². The second-order valence-corrected chi connectivity index (χ2v) is 5.67. The van der Waals surface area contributed by atoms with Gasteiger partial charge in [0.1, 0.15) is 12.1 Å². The van der Waals surface area contributed by atoms with E-state index in [1.54, 1.807) is 6.92 Å². The molecule has 0 saturated heterocycles. The van der Waals surface area contributed by atoms with Crippen LogP contribution in [0.25, 0.3) is 0 Å². The second kappa shape index (κ2) is 9.77. The number of rotatable bonds is 9. The Morgan fingerprint density at radius 2 is 1.81 bits per heavy atom. The third-order valence-electron chi connectivity index (χ3n) is 3.88. The molecule has 1 N–H and O–H groups in total. The molecule has 0 aromatic heterocycles. The molecule has 0 aromatic carbocycles. The Labute approximate surface area is 127 Å². The zero-order valence-electron chi connectivity index (χ0n) is 13.4. The van der Waals surface area contributed by atoms with Gasteiger partial charge in [0.2, 0.25) is 5.91 Å². The van der Waals surface area contributed by atoms with Gasteiger partial charge in [-0.1, -0.05) is 39.0 Å². The summed E-state index contributed by atoms with van der Waals surface area (Å²) in [6.45, 7) is 4.86. The Kier molecular flexibility index (Phi) is 8.35. The number of amides is 1. The number of hydrogen-bond acceptors (Lipinski definition) is 4. The lowest BCUT2D eigenvalue weighted by atomic mass is 9.81. The van der Waals surface area contributed by atoms with E-state index in [-0.39, 0.29) is 18.5 Å². The van der Waals surface area contributed by atoms with E-state index in [9.17, 15) is 9.59 Å². The molecule has 122 valence electrons. The minimum atomic E-state index is -0.835. The minimum Gasteiger partial charge on any atom is -0.464 e. The summed E-state index contributed by atoms with van der Waals surface area (Å²) < 4.78 is 10.5. The van der Waals surface area contributed by atoms with Gasteiger partial charge in [-0.05, 0) is 26.2 Å². The van der Waals surface area contributed by atoms with Gasteiger partial charge in [0.05, 0.1) is 6.61 Å². The highest BCUT2D eigenvalue weighted by atomic mass is 16.5.